The number of aromatic nitrogens is 2. The molecule has 4 heteroatoms. The molecule has 0 saturated heterocycles. The van der Waals surface area contributed by atoms with Crippen LogP contribution in [0.1, 0.15) is 18.5 Å². The number of hydrogen-bond acceptors (Lipinski definition) is 3. The predicted octanol–water partition coefficient (Wildman–Crippen LogP) is 1.40. The first-order valence-electron chi connectivity index (χ1n) is 4.03. The van der Waals surface area contributed by atoms with Crippen LogP contribution in [0.15, 0.2) is 12.3 Å². The van der Waals surface area contributed by atoms with Crippen molar-refractivity contribution in [3.63, 3.8) is 0 Å². The molecule has 1 aromatic rings. The lowest BCUT2D eigenvalue weighted by molar-refractivity contribution is 0.592. The summed E-state index contributed by atoms with van der Waals surface area (Å²) in [6.07, 6.45) is 3.83. The van der Waals surface area contributed by atoms with Crippen molar-refractivity contribution in [3.05, 3.63) is 18.0 Å². The molecule has 0 bridgehead atoms. The molecule has 0 aliphatic heterocycles. The van der Waals surface area contributed by atoms with Crippen molar-refractivity contribution >= 4 is 13.1 Å². The fraction of sp³-hybridized carbons (Fsp3) is 0.500. The molecule has 1 aliphatic rings. The van der Waals surface area contributed by atoms with Crippen LogP contribution in [0.3, 0.4) is 0 Å². The summed E-state index contributed by atoms with van der Waals surface area (Å²) in [5, 5.41) is 8.47. The van der Waals surface area contributed by atoms with E-state index in [1.54, 1.807) is 6.20 Å². The summed E-state index contributed by atoms with van der Waals surface area (Å²) in [7, 11) is -1.19. The third-order valence-electron chi connectivity index (χ3n) is 1.90. The average Bonchev–Trinajstić information content (AvgIpc) is 2.85. The van der Waals surface area contributed by atoms with Gasteiger partial charge < -0.3 is 0 Å². The van der Waals surface area contributed by atoms with Crippen LogP contribution in [-0.4, -0.2) is 15.9 Å². The van der Waals surface area contributed by atoms with E-state index in [9.17, 15) is 4.57 Å². The van der Waals surface area contributed by atoms with Gasteiger partial charge in [0, 0.05) is 6.07 Å². The van der Waals surface area contributed by atoms with Gasteiger partial charge in [0.25, 0.3) is 0 Å². The molecule has 1 unspecified atom stereocenters. The molecular formula is C8H10N2OP+. The topological polar surface area (TPSA) is 42.9 Å². The van der Waals surface area contributed by atoms with E-state index in [0.29, 0.717) is 5.66 Å². The van der Waals surface area contributed by atoms with Crippen molar-refractivity contribution in [2.24, 2.45) is 0 Å². The van der Waals surface area contributed by atoms with E-state index in [1.165, 1.54) is 0 Å². The van der Waals surface area contributed by atoms with Gasteiger partial charge in [-0.1, -0.05) is 4.57 Å². The van der Waals surface area contributed by atoms with E-state index in [1.807, 2.05) is 13.0 Å². The second-order valence-corrected chi connectivity index (χ2v) is 5.01. The molecule has 3 nitrogen and oxygen atoms in total. The second-order valence-electron chi connectivity index (χ2n) is 3.11. The molecule has 0 spiro atoms. The number of rotatable bonds is 2. The quantitative estimate of drug-likeness (QED) is 0.647. The normalized spacial score (nSPS) is 17.6. The highest BCUT2D eigenvalue weighted by Gasteiger charge is 2.42. The van der Waals surface area contributed by atoms with Gasteiger partial charge in [-0.05, 0) is 19.8 Å². The van der Waals surface area contributed by atoms with Gasteiger partial charge in [-0.25, -0.2) is 0 Å². The predicted molar refractivity (Wildman–Crippen MR) is 47.0 cm³/mol. The summed E-state index contributed by atoms with van der Waals surface area (Å²) in [6.45, 7) is 1.87. The first-order chi connectivity index (χ1) is 5.77. The summed E-state index contributed by atoms with van der Waals surface area (Å²) in [5.74, 6) is 0. The Labute approximate surface area is 72.0 Å². The van der Waals surface area contributed by atoms with Crippen molar-refractivity contribution < 1.29 is 4.57 Å². The maximum absolute atomic E-state index is 11.6. The van der Waals surface area contributed by atoms with E-state index < -0.39 is 7.80 Å². The summed E-state index contributed by atoms with van der Waals surface area (Å²) >= 11 is 0. The largest absolute Gasteiger partial charge is 0.381 e. The minimum absolute atomic E-state index is 0.420. The van der Waals surface area contributed by atoms with Crippen LogP contribution in [0.2, 0.25) is 0 Å². The Hall–Kier alpha value is -0.820. The van der Waals surface area contributed by atoms with Crippen LogP contribution >= 0.6 is 7.80 Å². The molecule has 0 aromatic carbocycles. The van der Waals surface area contributed by atoms with Gasteiger partial charge in [-0.2, -0.15) is 10.2 Å². The van der Waals surface area contributed by atoms with E-state index >= 15 is 0 Å². The maximum Gasteiger partial charge on any atom is 0.381 e. The molecule has 1 aliphatic carbocycles. The number of nitrogens with zero attached hydrogens (tertiary/aromatic N) is 2. The van der Waals surface area contributed by atoms with Gasteiger partial charge in [0.1, 0.15) is 6.20 Å². The fourth-order valence-corrected chi connectivity index (χ4v) is 2.62. The highest BCUT2D eigenvalue weighted by atomic mass is 31.1. The molecule has 1 fully saturated rings. The van der Waals surface area contributed by atoms with Crippen molar-refractivity contribution in [1.29, 1.82) is 0 Å². The lowest BCUT2D eigenvalue weighted by atomic mass is 10.4. The van der Waals surface area contributed by atoms with Crippen LogP contribution in [-0.2, 0) is 4.57 Å². The SMILES string of the molecule is Cc1cc([P+](=O)C2CC2)cnn1. The van der Waals surface area contributed by atoms with Crippen molar-refractivity contribution in [2.45, 2.75) is 25.4 Å². The lowest BCUT2D eigenvalue weighted by Crippen LogP contribution is -2.02. The molecule has 0 N–H and O–H groups in total. The number of hydrogen-bond donors (Lipinski definition) is 0. The minimum Gasteiger partial charge on any atom is -0.156 e. The molecule has 2 rings (SSSR count). The molecule has 1 atom stereocenters. The molecular weight excluding hydrogens is 171 g/mol. The average molecular weight is 181 g/mol. The smallest absolute Gasteiger partial charge is 0.156 e. The highest BCUT2D eigenvalue weighted by Crippen LogP contribution is 2.43. The Morgan fingerprint density at radius 2 is 2.33 bits per heavy atom. The van der Waals surface area contributed by atoms with Crippen molar-refractivity contribution in [1.82, 2.24) is 10.2 Å². The van der Waals surface area contributed by atoms with Crippen LogP contribution in [0.5, 0.6) is 0 Å². The zero-order valence-corrected chi connectivity index (χ0v) is 7.79. The minimum atomic E-state index is -1.19. The maximum atomic E-state index is 11.6. The standard InChI is InChI=1S/C8H10N2OP/c1-6-4-8(5-9-10-6)12(11)7-2-3-7/h4-5,7H,2-3H2,1H3/q+1. The summed E-state index contributed by atoms with van der Waals surface area (Å²) in [5.41, 5.74) is 1.26. The van der Waals surface area contributed by atoms with Crippen LogP contribution in [0.25, 0.3) is 0 Å². The molecule has 1 heterocycles. The van der Waals surface area contributed by atoms with Crippen LogP contribution in [0.4, 0.5) is 0 Å². The first kappa shape index (κ1) is 7.81. The van der Waals surface area contributed by atoms with Crippen LogP contribution in [0, 0.1) is 6.92 Å². The molecule has 62 valence electrons. The van der Waals surface area contributed by atoms with Gasteiger partial charge in [0.2, 0.25) is 5.30 Å². The Morgan fingerprint density at radius 3 is 2.92 bits per heavy atom. The molecule has 12 heavy (non-hydrogen) atoms. The fourth-order valence-electron chi connectivity index (χ4n) is 1.10. The zero-order valence-electron chi connectivity index (χ0n) is 6.90. The van der Waals surface area contributed by atoms with Crippen molar-refractivity contribution in [2.75, 3.05) is 0 Å². The van der Waals surface area contributed by atoms with E-state index in [0.717, 1.165) is 23.8 Å². The molecule has 0 amide bonds. The van der Waals surface area contributed by atoms with E-state index in [4.69, 9.17) is 0 Å². The third kappa shape index (κ3) is 1.51. The van der Waals surface area contributed by atoms with Crippen LogP contribution < -0.4 is 5.30 Å². The van der Waals surface area contributed by atoms with Gasteiger partial charge in [-0.3, -0.25) is 0 Å². The zero-order chi connectivity index (χ0) is 8.55. The van der Waals surface area contributed by atoms with Crippen molar-refractivity contribution in [3.8, 4) is 0 Å². The Bertz CT molecular complexity index is 323. The summed E-state index contributed by atoms with van der Waals surface area (Å²) < 4.78 is 11.6. The summed E-state index contributed by atoms with van der Waals surface area (Å²) in [4.78, 5) is 0. The molecule has 0 radical (unpaired) electrons. The third-order valence-corrected chi connectivity index (χ3v) is 3.83. The second kappa shape index (κ2) is 2.91. The lowest BCUT2D eigenvalue weighted by Gasteiger charge is -1.87. The van der Waals surface area contributed by atoms with Gasteiger partial charge in [0.15, 0.2) is 5.66 Å². The van der Waals surface area contributed by atoms with E-state index in [2.05, 4.69) is 10.2 Å². The highest BCUT2D eigenvalue weighted by molar-refractivity contribution is 7.54. The van der Waals surface area contributed by atoms with Gasteiger partial charge >= 0.3 is 7.80 Å². The number of aryl methyl sites for hydroxylation is 1. The molecule has 1 aromatic heterocycles. The first-order valence-corrected chi connectivity index (χ1v) is 5.36. The molecule has 1 saturated carbocycles. The monoisotopic (exact) mass is 181 g/mol. The van der Waals surface area contributed by atoms with Gasteiger partial charge in [-0.15, -0.1) is 0 Å². The van der Waals surface area contributed by atoms with E-state index in [-0.39, 0.29) is 0 Å². The Balaban J connectivity index is 2.26. The van der Waals surface area contributed by atoms with Gasteiger partial charge in [0.05, 0.1) is 5.69 Å². The summed E-state index contributed by atoms with van der Waals surface area (Å²) in [6, 6.07) is 1.87. The Morgan fingerprint density at radius 1 is 1.58 bits per heavy atom. The Kier molecular flexibility index (Phi) is 1.89.